The molecular weight excluding hydrogens is 312 g/mol. The van der Waals surface area contributed by atoms with Gasteiger partial charge in [0.2, 0.25) is 5.91 Å². The number of nitrogens with zero attached hydrogens (tertiary/aromatic N) is 2. The third kappa shape index (κ3) is 10.6. The van der Waals surface area contributed by atoms with E-state index in [1.54, 1.807) is 6.92 Å². The predicted molar refractivity (Wildman–Crippen MR) is 109 cm³/mol. The van der Waals surface area contributed by atoms with Crippen molar-refractivity contribution >= 4 is 11.7 Å². The lowest BCUT2D eigenvalue weighted by atomic mass is 9.91. The molecule has 1 amide bonds. The van der Waals surface area contributed by atoms with Gasteiger partial charge in [-0.2, -0.15) is 0 Å². The molecule has 0 aliphatic carbocycles. The van der Waals surface area contributed by atoms with E-state index in [0.717, 1.165) is 51.9 Å². The zero-order valence-corrected chi connectivity index (χ0v) is 18.2. The van der Waals surface area contributed by atoms with Crippen molar-refractivity contribution in [3.05, 3.63) is 0 Å². The topological polar surface area (TPSA) is 40.6 Å². The Kier molecular flexibility index (Phi) is 17.4. The van der Waals surface area contributed by atoms with Gasteiger partial charge < -0.3 is 9.80 Å². The Morgan fingerprint density at radius 1 is 0.800 bits per heavy atom. The molecule has 0 aromatic carbocycles. The molecule has 2 heterocycles. The van der Waals surface area contributed by atoms with Gasteiger partial charge in [-0.05, 0) is 58.7 Å². The van der Waals surface area contributed by atoms with Crippen LogP contribution in [0.25, 0.3) is 0 Å². The Balaban J connectivity index is 0. The van der Waals surface area contributed by atoms with Crippen molar-refractivity contribution in [3.63, 3.8) is 0 Å². The number of hydrogen-bond acceptors (Lipinski definition) is 3. The summed E-state index contributed by atoms with van der Waals surface area (Å²) in [5.41, 5.74) is 0. The molecule has 0 spiro atoms. The van der Waals surface area contributed by atoms with Crippen LogP contribution in [0.2, 0.25) is 0 Å². The van der Waals surface area contributed by atoms with Gasteiger partial charge in [0, 0.05) is 25.4 Å². The van der Waals surface area contributed by atoms with Crippen molar-refractivity contribution in [1.82, 2.24) is 9.80 Å². The summed E-state index contributed by atoms with van der Waals surface area (Å²) in [5.74, 6) is 1.33. The van der Waals surface area contributed by atoms with Crippen LogP contribution in [0.3, 0.4) is 0 Å². The van der Waals surface area contributed by atoms with Crippen LogP contribution in [-0.4, -0.2) is 54.7 Å². The summed E-state index contributed by atoms with van der Waals surface area (Å²) in [6.45, 7) is 17.4. The molecule has 2 fully saturated rings. The first-order valence-electron chi connectivity index (χ1n) is 10.5. The third-order valence-electron chi connectivity index (χ3n) is 4.72. The van der Waals surface area contributed by atoms with Gasteiger partial charge in [0.15, 0.2) is 0 Å². The normalized spacial score (nSPS) is 18.6. The van der Waals surface area contributed by atoms with Crippen LogP contribution in [0.4, 0.5) is 0 Å². The second-order valence-corrected chi connectivity index (χ2v) is 6.22. The van der Waals surface area contributed by atoms with Gasteiger partial charge in [0.05, 0.1) is 0 Å². The predicted octanol–water partition coefficient (Wildman–Crippen LogP) is 4.62. The Labute approximate surface area is 157 Å². The molecule has 4 heteroatoms. The highest BCUT2D eigenvalue weighted by Crippen LogP contribution is 2.23. The number of carbonyl (C=O) groups excluding carboxylic acids is 2. The lowest BCUT2D eigenvalue weighted by Gasteiger charge is -2.33. The van der Waals surface area contributed by atoms with Crippen molar-refractivity contribution in [1.29, 1.82) is 0 Å². The minimum absolute atomic E-state index is 0.187. The monoisotopic (exact) mass is 356 g/mol. The van der Waals surface area contributed by atoms with Gasteiger partial charge in [-0.25, -0.2) is 0 Å². The Morgan fingerprint density at radius 3 is 1.64 bits per heavy atom. The van der Waals surface area contributed by atoms with Gasteiger partial charge in [-0.1, -0.05) is 41.5 Å². The quantitative estimate of drug-likeness (QED) is 0.740. The van der Waals surface area contributed by atoms with E-state index in [4.69, 9.17) is 0 Å². The van der Waals surface area contributed by atoms with E-state index in [2.05, 4.69) is 11.9 Å². The van der Waals surface area contributed by atoms with Gasteiger partial charge in [-0.3, -0.25) is 9.59 Å². The summed E-state index contributed by atoms with van der Waals surface area (Å²) < 4.78 is 0. The lowest BCUT2D eigenvalue weighted by molar-refractivity contribution is -0.135. The molecule has 0 aromatic rings. The summed E-state index contributed by atoms with van der Waals surface area (Å²) in [6, 6.07) is 0. The fraction of sp³-hybridized carbons (Fsp3) is 0.905. The Bertz CT molecular complexity index is 329. The Hall–Kier alpha value is -0.900. The van der Waals surface area contributed by atoms with Gasteiger partial charge in [-0.15, -0.1) is 0 Å². The SMILES string of the molecule is CC.CC.CC.CC(=O)C1CCN(C(=O)CC2CCN(C)CC2)CC1. The van der Waals surface area contributed by atoms with E-state index in [9.17, 15) is 9.59 Å². The van der Waals surface area contributed by atoms with Crippen molar-refractivity contribution in [2.24, 2.45) is 11.8 Å². The molecule has 0 radical (unpaired) electrons. The van der Waals surface area contributed by atoms with Crippen molar-refractivity contribution in [2.45, 2.75) is 80.6 Å². The molecule has 0 N–H and O–H groups in total. The summed E-state index contributed by atoms with van der Waals surface area (Å²) in [7, 11) is 2.14. The fourth-order valence-corrected chi connectivity index (χ4v) is 3.18. The summed E-state index contributed by atoms with van der Waals surface area (Å²) >= 11 is 0. The Morgan fingerprint density at radius 2 is 1.24 bits per heavy atom. The van der Waals surface area contributed by atoms with E-state index < -0.39 is 0 Å². The second-order valence-electron chi connectivity index (χ2n) is 6.22. The lowest BCUT2D eigenvalue weighted by Crippen LogP contribution is -2.41. The van der Waals surface area contributed by atoms with E-state index >= 15 is 0 Å². The number of ketones is 1. The number of amides is 1. The first kappa shape index (κ1) is 26.3. The van der Waals surface area contributed by atoms with E-state index in [1.807, 2.05) is 46.4 Å². The van der Waals surface area contributed by atoms with Crippen LogP contribution in [-0.2, 0) is 9.59 Å². The minimum atomic E-state index is 0.187. The largest absolute Gasteiger partial charge is 0.343 e. The van der Waals surface area contributed by atoms with Crippen molar-refractivity contribution in [3.8, 4) is 0 Å². The maximum absolute atomic E-state index is 12.3. The fourth-order valence-electron chi connectivity index (χ4n) is 3.18. The highest BCUT2D eigenvalue weighted by Gasteiger charge is 2.27. The standard InChI is InChI=1S/C15H26N2O2.3C2H6/c1-12(18)14-5-9-17(10-6-14)15(19)11-13-3-7-16(2)8-4-13;3*1-2/h13-14H,3-11H2,1-2H3;3*1-2H3. The van der Waals surface area contributed by atoms with Crippen LogP contribution in [0.15, 0.2) is 0 Å². The number of carbonyl (C=O) groups is 2. The number of rotatable bonds is 3. The zero-order valence-electron chi connectivity index (χ0n) is 18.2. The van der Waals surface area contributed by atoms with Gasteiger partial charge >= 0.3 is 0 Å². The first-order chi connectivity index (χ1) is 12.1. The average molecular weight is 357 g/mol. The summed E-state index contributed by atoms with van der Waals surface area (Å²) in [4.78, 5) is 27.9. The van der Waals surface area contributed by atoms with Gasteiger partial charge in [0.25, 0.3) is 0 Å². The molecule has 4 nitrogen and oxygen atoms in total. The molecule has 25 heavy (non-hydrogen) atoms. The smallest absolute Gasteiger partial charge is 0.222 e. The van der Waals surface area contributed by atoms with Crippen LogP contribution < -0.4 is 0 Å². The average Bonchev–Trinajstić information content (AvgIpc) is 2.68. The van der Waals surface area contributed by atoms with E-state index in [-0.39, 0.29) is 11.7 Å². The van der Waals surface area contributed by atoms with Crippen molar-refractivity contribution in [2.75, 3.05) is 33.2 Å². The number of piperidine rings is 2. The minimum Gasteiger partial charge on any atom is -0.343 e. The third-order valence-corrected chi connectivity index (χ3v) is 4.72. The second kappa shape index (κ2) is 16.6. The first-order valence-corrected chi connectivity index (χ1v) is 10.5. The zero-order chi connectivity index (χ0) is 19.8. The van der Waals surface area contributed by atoms with Crippen LogP contribution in [0.5, 0.6) is 0 Å². The molecule has 150 valence electrons. The maximum Gasteiger partial charge on any atom is 0.222 e. The van der Waals surface area contributed by atoms with Crippen molar-refractivity contribution < 1.29 is 9.59 Å². The number of hydrogen-bond donors (Lipinski definition) is 0. The van der Waals surface area contributed by atoms with Crippen LogP contribution >= 0.6 is 0 Å². The number of Topliss-reactive ketones (excluding diaryl/α,β-unsaturated/α-hetero) is 1. The molecule has 2 aliphatic rings. The molecule has 2 saturated heterocycles. The van der Waals surface area contributed by atoms with E-state index in [0.29, 0.717) is 18.2 Å². The summed E-state index contributed by atoms with van der Waals surface area (Å²) in [6.07, 6.45) is 4.71. The highest BCUT2D eigenvalue weighted by atomic mass is 16.2. The molecule has 0 bridgehead atoms. The maximum atomic E-state index is 12.3. The molecule has 0 aromatic heterocycles. The number of likely N-dealkylation sites (tertiary alicyclic amines) is 2. The highest BCUT2D eigenvalue weighted by molar-refractivity contribution is 5.79. The molecule has 0 saturated carbocycles. The van der Waals surface area contributed by atoms with Crippen LogP contribution in [0.1, 0.15) is 80.6 Å². The van der Waals surface area contributed by atoms with Gasteiger partial charge in [0.1, 0.15) is 5.78 Å². The molecule has 0 atom stereocenters. The molecule has 2 aliphatic heterocycles. The summed E-state index contributed by atoms with van der Waals surface area (Å²) in [5, 5.41) is 0. The van der Waals surface area contributed by atoms with Crippen LogP contribution in [0, 0.1) is 11.8 Å². The van der Waals surface area contributed by atoms with E-state index in [1.165, 1.54) is 0 Å². The molecule has 2 rings (SSSR count). The molecular formula is C21H44N2O2. The molecule has 0 unspecified atom stereocenters.